The van der Waals surface area contributed by atoms with E-state index in [4.69, 9.17) is 26.2 Å². The Hall–Kier alpha value is -0.530. The first-order valence-electron chi connectivity index (χ1n) is 3.41. The van der Waals surface area contributed by atoms with Crippen LogP contribution in [-0.4, -0.2) is 57.7 Å². The van der Waals surface area contributed by atoms with Gasteiger partial charge in [0.2, 0.25) is 0 Å². The van der Waals surface area contributed by atoms with Gasteiger partial charge in [-0.05, 0) is 0 Å². The molecule has 0 aromatic carbocycles. The number of aliphatic hydroxyl groups excluding tert-OH is 4. The molecular weight excluding hydrogens is 167 g/mol. The van der Waals surface area contributed by atoms with Gasteiger partial charge in [-0.2, -0.15) is 0 Å². The lowest BCUT2D eigenvalue weighted by atomic mass is 10.1. The molecule has 0 aliphatic heterocycles. The number of rotatable bonds is 5. The fraction of sp³-hybridized carbons (Fsp3) is 0.833. The van der Waals surface area contributed by atoms with Crippen molar-refractivity contribution in [3.05, 3.63) is 0 Å². The van der Waals surface area contributed by atoms with Crippen molar-refractivity contribution in [1.29, 1.82) is 0 Å². The Morgan fingerprint density at radius 3 is 2.08 bits per heavy atom. The quantitative estimate of drug-likeness (QED) is 0.281. The molecule has 3 atom stereocenters. The summed E-state index contributed by atoms with van der Waals surface area (Å²) in [6, 6.07) is -1.22. The van der Waals surface area contributed by atoms with Gasteiger partial charge >= 0.3 is 0 Å². The van der Waals surface area contributed by atoms with Crippen LogP contribution in [0.4, 0.5) is 0 Å². The molecule has 72 valence electrons. The van der Waals surface area contributed by atoms with Crippen molar-refractivity contribution in [3.63, 3.8) is 0 Å². The maximum Gasteiger partial charge on any atom is 0.182 e. The van der Waals surface area contributed by atoms with E-state index in [1.165, 1.54) is 0 Å². The second-order valence-electron chi connectivity index (χ2n) is 2.39. The minimum absolute atomic E-state index is 0.603. The van der Waals surface area contributed by atoms with E-state index in [2.05, 4.69) is 0 Å². The topological polar surface area (TPSA) is 124 Å². The smallest absolute Gasteiger partial charge is 0.182 e. The second kappa shape index (κ2) is 5.18. The first-order valence-corrected chi connectivity index (χ1v) is 3.41. The molecule has 0 saturated carbocycles. The summed E-state index contributed by atoms with van der Waals surface area (Å²) in [4.78, 5) is 10.9. The van der Waals surface area contributed by atoms with Crippen molar-refractivity contribution in [2.24, 2.45) is 5.73 Å². The van der Waals surface area contributed by atoms with Crippen LogP contribution < -0.4 is 5.73 Å². The number of hydrogen-bond acceptors (Lipinski definition) is 6. The Morgan fingerprint density at radius 2 is 1.75 bits per heavy atom. The lowest BCUT2D eigenvalue weighted by Gasteiger charge is -2.16. The van der Waals surface area contributed by atoms with Gasteiger partial charge in [0.05, 0.1) is 19.3 Å². The molecule has 0 radical (unpaired) electrons. The third-order valence-electron chi connectivity index (χ3n) is 1.41. The highest BCUT2D eigenvalue weighted by atomic mass is 16.4. The van der Waals surface area contributed by atoms with Crippen LogP contribution in [0.3, 0.4) is 0 Å². The lowest BCUT2D eigenvalue weighted by Crippen LogP contribution is -2.47. The fourth-order valence-electron chi connectivity index (χ4n) is 0.599. The second-order valence-corrected chi connectivity index (χ2v) is 2.39. The van der Waals surface area contributed by atoms with E-state index in [1.807, 2.05) is 0 Å². The summed E-state index contributed by atoms with van der Waals surface area (Å²) in [5, 5.41) is 34.5. The van der Waals surface area contributed by atoms with Crippen LogP contribution in [0.2, 0.25) is 0 Å². The maximum atomic E-state index is 10.9. The van der Waals surface area contributed by atoms with E-state index in [0.717, 1.165) is 0 Å². The van der Waals surface area contributed by atoms with E-state index in [-0.39, 0.29) is 0 Å². The molecule has 6 N–H and O–H groups in total. The molecule has 0 aromatic rings. The molecule has 0 spiro atoms. The summed E-state index contributed by atoms with van der Waals surface area (Å²) >= 11 is 0. The van der Waals surface area contributed by atoms with Crippen molar-refractivity contribution < 1.29 is 25.2 Å². The highest BCUT2D eigenvalue weighted by Crippen LogP contribution is 1.96. The molecule has 0 bridgehead atoms. The Bertz CT molecular complexity index is 151. The minimum atomic E-state index is -1.74. The molecular formula is C6H13NO5. The third-order valence-corrected chi connectivity index (χ3v) is 1.41. The number of aliphatic hydroxyl groups is 4. The van der Waals surface area contributed by atoms with Crippen molar-refractivity contribution in [1.82, 2.24) is 0 Å². The van der Waals surface area contributed by atoms with Gasteiger partial charge in [-0.15, -0.1) is 0 Å². The average molecular weight is 180 g/mol. The van der Waals surface area contributed by atoms with Gasteiger partial charge < -0.3 is 26.2 Å². The summed E-state index contributed by atoms with van der Waals surface area (Å²) in [7, 11) is 0. The van der Waals surface area contributed by atoms with Gasteiger partial charge in [0.25, 0.3) is 0 Å². The van der Waals surface area contributed by atoms with Crippen LogP contribution in [-0.2, 0) is 4.79 Å². The number of hydrogen-bond donors (Lipinski definition) is 5. The highest BCUT2D eigenvalue weighted by molar-refractivity contribution is 5.88. The van der Waals surface area contributed by atoms with Gasteiger partial charge in [-0.1, -0.05) is 0 Å². The summed E-state index contributed by atoms with van der Waals surface area (Å²) < 4.78 is 0. The third kappa shape index (κ3) is 2.84. The van der Waals surface area contributed by atoms with Gasteiger partial charge in [0.1, 0.15) is 12.2 Å². The van der Waals surface area contributed by atoms with Crippen LogP contribution in [0.25, 0.3) is 0 Å². The highest BCUT2D eigenvalue weighted by Gasteiger charge is 2.27. The molecule has 0 rings (SSSR count). The summed E-state index contributed by atoms with van der Waals surface area (Å²) in [6.07, 6.45) is -3.28. The molecule has 0 aliphatic rings. The normalized spacial score (nSPS) is 18.4. The van der Waals surface area contributed by atoms with Crippen LogP contribution in [0.1, 0.15) is 0 Å². The van der Waals surface area contributed by atoms with E-state index < -0.39 is 37.2 Å². The van der Waals surface area contributed by atoms with Crippen molar-refractivity contribution in [2.75, 3.05) is 13.2 Å². The summed E-state index contributed by atoms with van der Waals surface area (Å²) in [5.74, 6) is -0.890. The number of Topliss-reactive ketones (excluding diaryl/α,β-unsaturated/α-hetero) is 1. The number of nitrogens with two attached hydrogens (primary N) is 1. The Labute approximate surface area is 69.2 Å². The molecule has 0 saturated heterocycles. The van der Waals surface area contributed by atoms with E-state index in [0.29, 0.717) is 0 Å². The van der Waals surface area contributed by atoms with Gasteiger partial charge in [-0.25, -0.2) is 0 Å². The van der Waals surface area contributed by atoms with Crippen LogP contribution in [0.15, 0.2) is 0 Å². The maximum absolute atomic E-state index is 10.9. The molecule has 0 unspecified atom stereocenters. The van der Waals surface area contributed by atoms with Crippen molar-refractivity contribution in [2.45, 2.75) is 18.2 Å². The van der Waals surface area contributed by atoms with E-state index in [9.17, 15) is 4.79 Å². The number of carbonyl (C=O) groups excluding carboxylic acids is 1. The van der Waals surface area contributed by atoms with Gasteiger partial charge in [-0.3, -0.25) is 4.79 Å². The predicted octanol–water partition coefficient (Wildman–Crippen LogP) is -3.41. The standard InChI is InChI=1S/C6H13NO5/c7-3(1-8)5(11)6(12)4(10)2-9/h3-4,6,8-10,12H,1-2,7H2/t3-,4+,6+/m0/s1/i1+1. The Kier molecular flexibility index (Phi) is 4.95. The zero-order chi connectivity index (χ0) is 9.72. The first kappa shape index (κ1) is 11.5. The molecule has 0 fully saturated rings. The summed E-state index contributed by atoms with van der Waals surface area (Å²) in [6.45, 7) is -1.33. The average Bonchev–Trinajstić information content (AvgIpc) is 2.12. The molecule has 12 heavy (non-hydrogen) atoms. The zero-order valence-corrected chi connectivity index (χ0v) is 6.42. The zero-order valence-electron chi connectivity index (χ0n) is 6.42. The van der Waals surface area contributed by atoms with Gasteiger partial charge in [0.15, 0.2) is 5.78 Å². The minimum Gasteiger partial charge on any atom is -0.394 e. The largest absolute Gasteiger partial charge is 0.394 e. The monoisotopic (exact) mass is 180 g/mol. The molecule has 0 aromatic heterocycles. The Morgan fingerprint density at radius 1 is 1.25 bits per heavy atom. The molecule has 6 nitrogen and oxygen atoms in total. The van der Waals surface area contributed by atoms with E-state index in [1.54, 1.807) is 0 Å². The number of ketones is 1. The van der Waals surface area contributed by atoms with Gasteiger partial charge in [0, 0.05) is 0 Å². The fourth-order valence-corrected chi connectivity index (χ4v) is 0.599. The first-order chi connectivity index (χ1) is 5.54. The number of carbonyl (C=O) groups is 1. The molecule has 0 amide bonds. The SMILES string of the molecule is N[C@@H]([13CH2]O)C(=O)[C@H](O)[C@H](O)CO. The predicted molar refractivity (Wildman–Crippen MR) is 39.2 cm³/mol. The van der Waals surface area contributed by atoms with Crippen molar-refractivity contribution in [3.8, 4) is 0 Å². The molecule has 0 aliphatic carbocycles. The summed E-state index contributed by atoms with van der Waals surface area (Å²) in [5.41, 5.74) is 5.06. The van der Waals surface area contributed by atoms with Crippen LogP contribution in [0, 0.1) is 0 Å². The van der Waals surface area contributed by atoms with Crippen LogP contribution in [0.5, 0.6) is 0 Å². The Balaban J connectivity index is 4.09. The van der Waals surface area contributed by atoms with Crippen LogP contribution >= 0.6 is 0 Å². The molecule has 6 heteroatoms. The lowest BCUT2D eigenvalue weighted by molar-refractivity contribution is -0.136. The van der Waals surface area contributed by atoms with E-state index >= 15 is 0 Å². The van der Waals surface area contributed by atoms with Crippen molar-refractivity contribution >= 4 is 5.78 Å². The molecule has 0 heterocycles.